The maximum absolute atomic E-state index is 6.27. The van der Waals surface area contributed by atoms with Crippen molar-refractivity contribution in [2.45, 2.75) is 13.8 Å². The van der Waals surface area contributed by atoms with Crippen LogP contribution in [0.15, 0.2) is 34.7 Å². The molecule has 0 fully saturated rings. The summed E-state index contributed by atoms with van der Waals surface area (Å²) in [7, 11) is 1.58. The number of ether oxygens (including phenoxy) is 2. The molecule has 3 aromatic rings. The molecule has 136 valence electrons. The Bertz CT molecular complexity index is 908. The average molecular weight is 408 g/mol. The molecular formula is C18H18ClN3O2S2. The number of rotatable bonds is 7. The van der Waals surface area contributed by atoms with Crippen LogP contribution in [0.3, 0.4) is 0 Å². The van der Waals surface area contributed by atoms with E-state index >= 15 is 0 Å². The van der Waals surface area contributed by atoms with Crippen molar-refractivity contribution < 1.29 is 9.47 Å². The van der Waals surface area contributed by atoms with Gasteiger partial charge in [0.05, 0.1) is 35.5 Å². The maximum atomic E-state index is 6.27. The average Bonchev–Trinajstić information content (AvgIpc) is 3.26. The number of halogens is 1. The highest BCUT2D eigenvalue weighted by atomic mass is 35.5. The molecule has 0 spiro atoms. The molecule has 2 heterocycles. The summed E-state index contributed by atoms with van der Waals surface area (Å²) in [5, 5.41) is 7.53. The molecule has 0 aliphatic rings. The SMILES string of the molecule is CCOc1c(Cl)cc(/C=N\Nc2nc(-c3cccs3)c(C)s2)cc1OC. The first kappa shape index (κ1) is 18.7. The minimum atomic E-state index is 0.484. The number of benzene rings is 1. The van der Waals surface area contributed by atoms with Crippen molar-refractivity contribution in [2.24, 2.45) is 5.10 Å². The predicted octanol–water partition coefficient (Wildman–Crippen LogP) is 5.69. The third-order valence-corrected chi connectivity index (χ3v) is 5.50. The number of hydrogen-bond acceptors (Lipinski definition) is 7. The van der Waals surface area contributed by atoms with Gasteiger partial charge in [-0.25, -0.2) is 4.98 Å². The van der Waals surface area contributed by atoms with E-state index in [4.69, 9.17) is 21.1 Å². The fourth-order valence-corrected chi connectivity index (χ4v) is 4.23. The van der Waals surface area contributed by atoms with Crippen LogP contribution in [0.2, 0.25) is 5.02 Å². The summed E-state index contributed by atoms with van der Waals surface area (Å²) in [6, 6.07) is 7.69. The smallest absolute Gasteiger partial charge is 0.204 e. The van der Waals surface area contributed by atoms with Gasteiger partial charge < -0.3 is 9.47 Å². The third-order valence-electron chi connectivity index (χ3n) is 3.47. The number of thiazole rings is 1. The lowest BCUT2D eigenvalue weighted by Crippen LogP contribution is -1.98. The number of hydrogen-bond donors (Lipinski definition) is 1. The van der Waals surface area contributed by atoms with Gasteiger partial charge in [-0.05, 0) is 43.0 Å². The molecule has 0 bridgehead atoms. The maximum Gasteiger partial charge on any atom is 0.204 e. The van der Waals surface area contributed by atoms with E-state index in [2.05, 4.69) is 28.5 Å². The third kappa shape index (κ3) is 4.17. The zero-order chi connectivity index (χ0) is 18.5. The number of hydrazone groups is 1. The molecule has 0 aliphatic carbocycles. The van der Waals surface area contributed by atoms with Crippen LogP contribution in [-0.4, -0.2) is 24.9 Å². The van der Waals surface area contributed by atoms with Gasteiger partial charge in [0.2, 0.25) is 5.13 Å². The lowest BCUT2D eigenvalue weighted by Gasteiger charge is -2.11. The van der Waals surface area contributed by atoms with Crippen molar-refractivity contribution in [1.29, 1.82) is 0 Å². The van der Waals surface area contributed by atoms with Crippen molar-refractivity contribution in [2.75, 3.05) is 19.1 Å². The van der Waals surface area contributed by atoms with Gasteiger partial charge in [-0.3, -0.25) is 5.43 Å². The first-order valence-electron chi connectivity index (χ1n) is 7.93. The van der Waals surface area contributed by atoms with Gasteiger partial charge in [0.25, 0.3) is 0 Å². The fourth-order valence-electron chi connectivity index (χ4n) is 2.35. The van der Waals surface area contributed by atoms with Crippen molar-refractivity contribution in [3.05, 3.63) is 45.1 Å². The quantitative estimate of drug-likeness (QED) is 0.404. The van der Waals surface area contributed by atoms with Crippen LogP contribution < -0.4 is 14.9 Å². The Morgan fingerprint density at radius 3 is 2.92 bits per heavy atom. The Kier molecular flexibility index (Phi) is 6.13. The predicted molar refractivity (Wildman–Crippen MR) is 111 cm³/mol. The first-order valence-corrected chi connectivity index (χ1v) is 10.0. The van der Waals surface area contributed by atoms with Crippen molar-refractivity contribution in [3.63, 3.8) is 0 Å². The van der Waals surface area contributed by atoms with Gasteiger partial charge in [-0.2, -0.15) is 5.10 Å². The molecule has 0 saturated heterocycles. The number of nitrogens with one attached hydrogen (secondary N) is 1. The number of aryl methyl sites for hydroxylation is 1. The van der Waals surface area contributed by atoms with E-state index < -0.39 is 0 Å². The topological polar surface area (TPSA) is 55.7 Å². The monoisotopic (exact) mass is 407 g/mol. The van der Waals surface area contributed by atoms with Crippen LogP contribution in [0.5, 0.6) is 11.5 Å². The van der Waals surface area contributed by atoms with Crippen molar-refractivity contribution >= 4 is 45.6 Å². The molecule has 0 radical (unpaired) electrons. The van der Waals surface area contributed by atoms with Gasteiger partial charge in [0.1, 0.15) is 0 Å². The molecule has 8 heteroatoms. The Labute approximate surface area is 165 Å². The summed E-state index contributed by atoms with van der Waals surface area (Å²) in [4.78, 5) is 6.91. The molecule has 0 atom stereocenters. The molecule has 0 amide bonds. The lowest BCUT2D eigenvalue weighted by atomic mass is 10.2. The summed E-state index contributed by atoms with van der Waals surface area (Å²) in [5.74, 6) is 1.11. The van der Waals surface area contributed by atoms with E-state index in [1.54, 1.807) is 42.1 Å². The van der Waals surface area contributed by atoms with E-state index in [0.29, 0.717) is 23.1 Å². The Morgan fingerprint density at radius 1 is 1.38 bits per heavy atom. The van der Waals surface area contributed by atoms with Crippen molar-refractivity contribution in [3.8, 4) is 22.1 Å². The minimum Gasteiger partial charge on any atom is -0.493 e. The Hall–Kier alpha value is -2.09. The van der Waals surface area contributed by atoms with E-state index in [1.807, 2.05) is 24.4 Å². The highest BCUT2D eigenvalue weighted by Crippen LogP contribution is 2.36. The molecule has 0 saturated carbocycles. The number of nitrogens with zero attached hydrogens (tertiary/aromatic N) is 2. The first-order chi connectivity index (χ1) is 12.6. The molecule has 0 aliphatic heterocycles. The van der Waals surface area contributed by atoms with Crippen LogP contribution in [-0.2, 0) is 0 Å². The van der Waals surface area contributed by atoms with Gasteiger partial charge in [0.15, 0.2) is 11.5 Å². The molecule has 3 rings (SSSR count). The van der Waals surface area contributed by atoms with Crippen LogP contribution >= 0.6 is 34.3 Å². The molecule has 26 heavy (non-hydrogen) atoms. The molecule has 2 aromatic heterocycles. The standard InChI is InChI=1S/C18H18ClN3O2S2/c1-4-24-17-13(19)8-12(9-14(17)23-3)10-20-22-18-21-16(11(2)26-18)15-6-5-7-25-15/h5-10H,4H2,1-3H3,(H,21,22)/b20-10-. The van der Waals surface area contributed by atoms with E-state index in [-0.39, 0.29) is 0 Å². The van der Waals surface area contributed by atoms with Crippen LogP contribution in [0.4, 0.5) is 5.13 Å². The van der Waals surface area contributed by atoms with Crippen molar-refractivity contribution in [1.82, 2.24) is 4.98 Å². The number of thiophene rings is 1. The zero-order valence-corrected chi connectivity index (χ0v) is 17.0. The normalized spacial score (nSPS) is 11.1. The van der Waals surface area contributed by atoms with Crippen LogP contribution in [0.1, 0.15) is 17.4 Å². The van der Waals surface area contributed by atoms with E-state index in [9.17, 15) is 0 Å². The number of methoxy groups -OCH3 is 1. The Morgan fingerprint density at radius 2 is 2.23 bits per heavy atom. The van der Waals surface area contributed by atoms with Crippen LogP contribution in [0.25, 0.3) is 10.6 Å². The van der Waals surface area contributed by atoms with E-state index in [0.717, 1.165) is 26.1 Å². The lowest BCUT2D eigenvalue weighted by molar-refractivity contribution is 0.311. The summed E-state index contributed by atoms with van der Waals surface area (Å²) < 4.78 is 10.9. The fraction of sp³-hybridized carbons (Fsp3) is 0.222. The molecule has 5 nitrogen and oxygen atoms in total. The second-order valence-corrected chi connectivity index (χ2v) is 7.80. The summed E-state index contributed by atoms with van der Waals surface area (Å²) >= 11 is 9.51. The number of aromatic nitrogens is 1. The largest absolute Gasteiger partial charge is 0.493 e. The highest BCUT2D eigenvalue weighted by Gasteiger charge is 2.12. The Balaban J connectivity index is 1.75. The molecule has 1 N–H and O–H groups in total. The summed E-state index contributed by atoms with van der Waals surface area (Å²) in [6.45, 7) is 4.47. The second kappa shape index (κ2) is 8.53. The second-order valence-electron chi connectivity index (χ2n) is 5.24. The molecular weight excluding hydrogens is 390 g/mol. The summed E-state index contributed by atoms with van der Waals surface area (Å²) in [5.41, 5.74) is 4.77. The van der Waals surface area contributed by atoms with E-state index in [1.165, 1.54) is 0 Å². The van der Waals surface area contributed by atoms with Gasteiger partial charge in [0, 0.05) is 4.88 Å². The summed E-state index contributed by atoms with van der Waals surface area (Å²) in [6.07, 6.45) is 1.67. The van der Waals surface area contributed by atoms with Gasteiger partial charge >= 0.3 is 0 Å². The highest BCUT2D eigenvalue weighted by molar-refractivity contribution is 7.17. The minimum absolute atomic E-state index is 0.484. The van der Waals surface area contributed by atoms with Gasteiger partial charge in [-0.15, -0.1) is 22.7 Å². The zero-order valence-electron chi connectivity index (χ0n) is 14.6. The number of anilines is 1. The van der Waals surface area contributed by atoms with Crippen LogP contribution in [0, 0.1) is 6.92 Å². The molecule has 1 aromatic carbocycles. The molecule has 0 unspecified atom stereocenters. The van der Waals surface area contributed by atoms with Gasteiger partial charge in [-0.1, -0.05) is 17.7 Å².